The molecule has 1 fully saturated rings. The molecule has 27 heavy (non-hydrogen) atoms. The molecule has 0 nitrogen and oxygen atoms in total. The fourth-order valence-electron chi connectivity index (χ4n) is 4.67. The van der Waals surface area contributed by atoms with Gasteiger partial charge in [0.25, 0.3) is 0 Å². The third kappa shape index (κ3) is 3.48. The molecule has 0 unspecified atom stereocenters. The molecule has 5 rings (SSSR count). The average molecular weight is 472 g/mol. The minimum absolute atomic E-state index is 0. The summed E-state index contributed by atoms with van der Waals surface area (Å²) in [6, 6.07) is 13.8. The van der Waals surface area contributed by atoms with Crippen LogP contribution in [0.1, 0.15) is 49.7 Å². The van der Waals surface area contributed by atoms with Crippen LogP contribution in [-0.4, -0.2) is 0 Å². The van der Waals surface area contributed by atoms with Crippen molar-refractivity contribution in [1.82, 2.24) is 0 Å². The fraction of sp³-hybridized carbons (Fsp3) is 0.250. The molecule has 1 saturated carbocycles. The molecule has 0 atom stereocenters. The standard InChI is InChI=1S/C24H21.2ClH.Zr/c1-2-8-17(9-3-1)21-14-15-22-20-13-7-6-12-19(20)16-23(22)24(21)18-10-4-5-11-18;;;/h4-7,10,12-15H,1-3,8-9,11H2;2*1H;/q;;;+2/p-2. The van der Waals surface area contributed by atoms with Crippen LogP contribution < -0.4 is 35.3 Å². The van der Waals surface area contributed by atoms with Gasteiger partial charge in [-0.15, -0.1) is 0 Å². The maximum atomic E-state index is 2.43. The number of allylic oxidation sites excluding steroid dienone is 4. The summed E-state index contributed by atoms with van der Waals surface area (Å²) in [4.78, 5) is 0. The molecule has 0 heterocycles. The van der Waals surface area contributed by atoms with Gasteiger partial charge in [0.2, 0.25) is 0 Å². The third-order valence-electron chi connectivity index (χ3n) is 5.87. The van der Waals surface area contributed by atoms with Crippen LogP contribution in [0.15, 0.2) is 54.6 Å². The Morgan fingerprint density at radius 3 is 2.11 bits per heavy atom. The predicted molar refractivity (Wildman–Crippen MR) is 101 cm³/mol. The van der Waals surface area contributed by atoms with Crippen molar-refractivity contribution in [2.24, 2.45) is 0 Å². The Balaban J connectivity index is 0.00000105. The van der Waals surface area contributed by atoms with Gasteiger partial charge in [-0.05, 0) is 0 Å². The van der Waals surface area contributed by atoms with E-state index in [1.54, 1.807) is 19.6 Å². The quantitative estimate of drug-likeness (QED) is 0.473. The predicted octanol–water partition coefficient (Wildman–Crippen LogP) is -1.54. The fourth-order valence-corrected chi connectivity index (χ4v) is 5.84. The molecule has 0 saturated heterocycles. The van der Waals surface area contributed by atoms with Crippen LogP contribution in [-0.2, 0) is 24.7 Å². The molecular formula is C24H21Cl2Zr. The van der Waals surface area contributed by atoms with Crippen molar-refractivity contribution in [3.05, 3.63) is 86.6 Å². The van der Waals surface area contributed by atoms with Crippen LogP contribution in [0.5, 0.6) is 0 Å². The molecule has 3 aliphatic rings. The third-order valence-corrected chi connectivity index (χ3v) is 7.15. The van der Waals surface area contributed by atoms with Gasteiger partial charge in [-0.3, -0.25) is 0 Å². The molecule has 0 N–H and O–H groups in total. The first-order chi connectivity index (χ1) is 12.3. The summed E-state index contributed by atoms with van der Waals surface area (Å²) in [5, 5.41) is 5.87. The zero-order chi connectivity index (χ0) is 16.8. The number of fused-ring (bicyclic) bond motifs is 2. The molecule has 2 aromatic carbocycles. The number of hydrogen-bond donors (Lipinski definition) is 0. The van der Waals surface area contributed by atoms with Crippen molar-refractivity contribution in [2.45, 2.75) is 38.5 Å². The summed E-state index contributed by atoms with van der Waals surface area (Å²) >= 11 is 1.52. The molecule has 3 heteroatoms. The topological polar surface area (TPSA) is 0 Å². The van der Waals surface area contributed by atoms with Gasteiger partial charge in [-0.2, -0.15) is 0 Å². The molecule has 0 bridgehead atoms. The zero-order valence-corrected chi connectivity index (χ0v) is 19.2. The Hall–Kier alpha value is -0.877. The Labute approximate surface area is 188 Å². The van der Waals surface area contributed by atoms with Crippen molar-refractivity contribution < 1.29 is 49.5 Å². The van der Waals surface area contributed by atoms with Crippen LogP contribution in [0.2, 0.25) is 0 Å². The first kappa shape index (κ1) is 20.8. The number of hydrogen-bond acceptors (Lipinski definition) is 0. The van der Waals surface area contributed by atoms with E-state index in [0.717, 1.165) is 6.42 Å². The van der Waals surface area contributed by atoms with Gasteiger partial charge >= 0.3 is 164 Å². The minimum atomic E-state index is 0. The molecule has 0 amide bonds. The van der Waals surface area contributed by atoms with Gasteiger partial charge in [0.15, 0.2) is 0 Å². The van der Waals surface area contributed by atoms with E-state index in [-0.39, 0.29) is 24.8 Å². The van der Waals surface area contributed by atoms with Gasteiger partial charge in [0, 0.05) is 0 Å². The van der Waals surface area contributed by atoms with Crippen LogP contribution in [0.3, 0.4) is 0 Å². The second kappa shape index (κ2) is 8.65. The van der Waals surface area contributed by atoms with E-state index < -0.39 is 0 Å². The van der Waals surface area contributed by atoms with E-state index in [1.165, 1.54) is 83.6 Å². The second-order valence-electron chi connectivity index (χ2n) is 7.32. The van der Waals surface area contributed by atoms with Crippen LogP contribution in [0, 0.1) is 10.4 Å². The Bertz CT molecular complexity index is 1150. The maximum absolute atomic E-state index is 2.43. The van der Waals surface area contributed by atoms with E-state index in [9.17, 15) is 0 Å². The summed E-state index contributed by atoms with van der Waals surface area (Å²) in [6.07, 6.45) is 14.6. The average Bonchev–Trinajstić information content (AvgIpc) is 3.30. The summed E-state index contributed by atoms with van der Waals surface area (Å²) in [5.74, 6) is 0. The Morgan fingerprint density at radius 1 is 0.704 bits per heavy atom. The zero-order valence-electron chi connectivity index (χ0n) is 15.2. The van der Waals surface area contributed by atoms with Crippen molar-refractivity contribution in [2.75, 3.05) is 0 Å². The first-order valence-corrected chi connectivity index (χ1v) is 10.6. The van der Waals surface area contributed by atoms with E-state index in [0.29, 0.717) is 0 Å². The Kier molecular flexibility index (Phi) is 6.67. The summed E-state index contributed by atoms with van der Waals surface area (Å²) in [5.41, 5.74) is 6.28. The van der Waals surface area contributed by atoms with Crippen molar-refractivity contribution in [3.8, 4) is 0 Å². The van der Waals surface area contributed by atoms with Crippen molar-refractivity contribution >= 4 is 14.4 Å². The molecule has 135 valence electrons. The Morgan fingerprint density at radius 2 is 1.41 bits per heavy atom. The molecule has 2 aromatic rings. The van der Waals surface area contributed by atoms with Crippen molar-refractivity contribution in [1.29, 1.82) is 0 Å². The van der Waals surface area contributed by atoms with Gasteiger partial charge in [-0.25, -0.2) is 0 Å². The summed E-state index contributed by atoms with van der Waals surface area (Å²) < 4.78 is 1.54. The van der Waals surface area contributed by atoms with Crippen LogP contribution >= 0.6 is 0 Å². The molecule has 0 aromatic heterocycles. The number of benzene rings is 2. The first-order valence-electron chi connectivity index (χ1n) is 9.41. The number of rotatable bonds is 1. The molecular weight excluding hydrogens is 450 g/mol. The summed E-state index contributed by atoms with van der Waals surface area (Å²) in [6.45, 7) is 0. The van der Waals surface area contributed by atoms with Gasteiger partial charge in [0.1, 0.15) is 0 Å². The van der Waals surface area contributed by atoms with E-state index in [1.807, 2.05) is 0 Å². The molecule has 0 spiro atoms. The molecule has 0 aliphatic heterocycles. The van der Waals surface area contributed by atoms with Gasteiger partial charge in [0.05, 0.1) is 0 Å². The SMILES string of the molecule is [Cl-].[Cl-].[Zr+2][C]1=c2ccccc2=c2ccc(=C3CCCCC3)c(C3=CC=CC3)c21. The monoisotopic (exact) mass is 469 g/mol. The van der Waals surface area contributed by atoms with Crippen LogP contribution in [0.4, 0.5) is 0 Å². The second-order valence-corrected chi connectivity index (χ2v) is 8.55. The van der Waals surface area contributed by atoms with E-state index >= 15 is 0 Å². The van der Waals surface area contributed by atoms with Crippen LogP contribution in [0.25, 0.3) is 14.4 Å². The van der Waals surface area contributed by atoms with E-state index in [4.69, 9.17) is 0 Å². The van der Waals surface area contributed by atoms with Gasteiger partial charge < -0.3 is 24.8 Å². The number of halogens is 2. The normalized spacial score (nSPS) is 17.0. The molecule has 3 aliphatic carbocycles. The summed E-state index contributed by atoms with van der Waals surface area (Å²) in [7, 11) is 0. The van der Waals surface area contributed by atoms with Gasteiger partial charge in [-0.1, -0.05) is 0 Å². The molecule has 0 radical (unpaired) electrons. The van der Waals surface area contributed by atoms with E-state index in [2.05, 4.69) is 54.6 Å². The van der Waals surface area contributed by atoms with Crippen molar-refractivity contribution in [3.63, 3.8) is 0 Å².